The van der Waals surface area contributed by atoms with Crippen molar-refractivity contribution < 1.29 is 14.6 Å². The van der Waals surface area contributed by atoms with Gasteiger partial charge in [-0.2, -0.15) is 0 Å². The van der Waals surface area contributed by atoms with Gasteiger partial charge in [0.25, 0.3) is 0 Å². The number of hydrogen-bond acceptors (Lipinski definition) is 3. The van der Waals surface area contributed by atoms with E-state index in [4.69, 9.17) is 5.11 Å². The first-order chi connectivity index (χ1) is 6.60. The van der Waals surface area contributed by atoms with Crippen LogP contribution in [0.1, 0.15) is 27.0 Å². The molecule has 1 N–H and O–H groups in total. The average Bonchev–Trinajstić information content (AvgIpc) is 2.16. The molecular weight excluding hydrogens is 180 g/mol. The van der Waals surface area contributed by atoms with Gasteiger partial charge in [0.15, 0.2) is 0 Å². The Labute approximate surface area is 83.3 Å². The maximum absolute atomic E-state index is 11.4. The van der Waals surface area contributed by atoms with E-state index < -0.39 is 0 Å². The number of aliphatic hydroxyl groups excluding tert-OH is 1. The molecule has 1 aromatic carbocycles. The molecular formula is C11H14O3. The van der Waals surface area contributed by atoms with Crippen molar-refractivity contribution in [3.8, 4) is 0 Å². The molecule has 0 saturated heterocycles. The van der Waals surface area contributed by atoms with Gasteiger partial charge in [-0.25, -0.2) is 4.79 Å². The van der Waals surface area contributed by atoms with Crippen LogP contribution >= 0.6 is 0 Å². The lowest BCUT2D eigenvalue weighted by molar-refractivity contribution is 0.0599. The first-order valence-corrected chi connectivity index (χ1v) is 4.39. The summed E-state index contributed by atoms with van der Waals surface area (Å²) in [6.45, 7) is 3.65. The minimum atomic E-state index is -0.329. The summed E-state index contributed by atoms with van der Waals surface area (Å²) < 4.78 is 4.67. The summed E-state index contributed by atoms with van der Waals surface area (Å²) in [5.74, 6) is -0.329. The number of hydrogen-bond donors (Lipinski definition) is 1. The van der Waals surface area contributed by atoms with E-state index in [1.54, 1.807) is 12.1 Å². The number of methoxy groups -OCH3 is 1. The van der Waals surface area contributed by atoms with E-state index in [-0.39, 0.29) is 12.6 Å². The van der Waals surface area contributed by atoms with Gasteiger partial charge in [-0.1, -0.05) is 12.1 Å². The van der Waals surface area contributed by atoms with Crippen LogP contribution in [-0.2, 0) is 11.3 Å². The first-order valence-electron chi connectivity index (χ1n) is 4.39. The lowest BCUT2D eigenvalue weighted by atomic mass is 10.00. The van der Waals surface area contributed by atoms with Crippen LogP contribution < -0.4 is 0 Å². The molecule has 0 amide bonds. The molecule has 0 aliphatic heterocycles. The van der Waals surface area contributed by atoms with Crippen LogP contribution in [-0.4, -0.2) is 18.2 Å². The molecule has 0 atom stereocenters. The van der Waals surface area contributed by atoms with Crippen molar-refractivity contribution in [2.75, 3.05) is 7.11 Å². The Morgan fingerprint density at radius 1 is 1.36 bits per heavy atom. The van der Waals surface area contributed by atoms with Gasteiger partial charge in [0.1, 0.15) is 0 Å². The molecule has 0 aromatic heterocycles. The fraction of sp³-hybridized carbons (Fsp3) is 0.364. The standard InChI is InChI=1S/C11H14O3/c1-7-4-9(6-12)5-8(2)10(7)11(13)14-3/h4-5,12H,6H2,1-3H3. The third-order valence-corrected chi connectivity index (χ3v) is 2.16. The highest BCUT2D eigenvalue weighted by atomic mass is 16.5. The van der Waals surface area contributed by atoms with Crippen molar-refractivity contribution in [1.82, 2.24) is 0 Å². The Hall–Kier alpha value is -1.35. The number of aryl methyl sites for hydroxylation is 2. The van der Waals surface area contributed by atoms with Gasteiger partial charge in [0, 0.05) is 0 Å². The van der Waals surface area contributed by atoms with Gasteiger partial charge in [-0.05, 0) is 30.5 Å². The molecule has 0 heterocycles. The zero-order valence-electron chi connectivity index (χ0n) is 8.63. The fourth-order valence-electron chi connectivity index (χ4n) is 1.57. The van der Waals surface area contributed by atoms with Crippen molar-refractivity contribution >= 4 is 5.97 Å². The fourth-order valence-corrected chi connectivity index (χ4v) is 1.57. The number of ether oxygens (including phenoxy) is 1. The van der Waals surface area contributed by atoms with Crippen LogP contribution in [0.15, 0.2) is 12.1 Å². The molecule has 0 radical (unpaired) electrons. The summed E-state index contributed by atoms with van der Waals surface area (Å²) in [6.07, 6.45) is 0. The number of benzene rings is 1. The predicted molar refractivity (Wildman–Crippen MR) is 53.2 cm³/mol. The summed E-state index contributed by atoms with van der Waals surface area (Å²) in [6, 6.07) is 3.58. The second kappa shape index (κ2) is 4.24. The smallest absolute Gasteiger partial charge is 0.338 e. The molecule has 14 heavy (non-hydrogen) atoms. The Morgan fingerprint density at radius 3 is 2.21 bits per heavy atom. The van der Waals surface area contributed by atoms with E-state index in [9.17, 15) is 4.79 Å². The molecule has 0 aliphatic carbocycles. The zero-order valence-corrected chi connectivity index (χ0v) is 8.63. The monoisotopic (exact) mass is 194 g/mol. The Bertz CT molecular complexity index is 333. The number of aliphatic hydroxyl groups is 1. The molecule has 1 aromatic rings. The van der Waals surface area contributed by atoms with Crippen LogP contribution in [0.3, 0.4) is 0 Å². The van der Waals surface area contributed by atoms with E-state index in [2.05, 4.69) is 4.74 Å². The SMILES string of the molecule is COC(=O)c1c(C)cc(CO)cc1C. The van der Waals surface area contributed by atoms with Crippen molar-refractivity contribution in [2.45, 2.75) is 20.5 Å². The zero-order chi connectivity index (χ0) is 10.7. The van der Waals surface area contributed by atoms with Gasteiger partial charge in [-0.3, -0.25) is 0 Å². The highest BCUT2D eigenvalue weighted by molar-refractivity contribution is 5.92. The van der Waals surface area contributed by atoms with Gasteiger partial charge in [0.05, 0.1) is 19.3 Å². The molecule has 76 valence electrons. The largest absolute Gasteiger partial charge is 0.465 e. The molecule has 0 fully saturated rings. The summed E-state index contributed by atoms with van der Waals surface area (Å²) in [7, 11) is 1.36. The highest BCUT2D eigenvalue weighted by Crippen LogP contribution is 2.17. The summed E-state index contributed by atoms with van der Waals surface area (Å²) in [4.78, 5) is 11.4. The Morgan fingerprint density at radius 2 is 1.86 bits per heavy atom. The van der Waals surface area contributed by atoms with Crippen molar-refractivity contribution in [2.24, 2.45) is 0 Å². The second-order valence-corrected chi connectivity index (χ2v) is 3.25. The van der Waals surface area contributed by atoms with Crippen LogP contribution in [0.5, 0.6) is 0 Å². The molecule has 1 rings (SSSR count). The van der Waals surface area contributed by atoms with Gasteiger partial charge < -0.3 is 9.84 Å². The van der Waals surface area contributed by atoms with E-state index in [1.165, 1.54) is 7.11 Å². The molecule has 3 nitrogen and oxygen atoms in total. The summed E-state index contributed by atoms with van der Waals surface area (Å²) >= 11 is 0. The average molecular weight is 194 g/mol. The van der Waals surface area contributed by atoms with Gasteiger partial charge in [-0.15, -0.1) is 0 Å². The van der Waals surface area contributed by atoms with Crippen molar-refractivity contribution in [3.63, 3.8) is 0 Å². The van der Waals surface area contributed by atoms with Crippen molar-refractivity contribution in [3.05, 3.63) is 34.4 Å². The van der Waals surface area contributed by atoms with Crippen LogP contribution in [0, 0.1) is 13.8 Å². The number of carbonyl (C=O) groups is 1. The lowest BCUT2D eigenvalue weighted by Gasteiger charge is -2.09. The number of esters is 1. The Balaban J connectivity index is 3.25. The Kier molecular flexibility index (Phi) is 3.25. The third kappa shape index (κ3) is 1.93. The van der Waals surface area contributed by atoms with Crippen LogP contribution in [0.25, 0.3) is 0 Å². The van der Waals surface area contributed by atoms with Gasteiger partial charge >= 0.3 is 5.97 Å². The van der Waals surface area contributed by atoms with E-state index in [0.717, 1.165) is 16.7 Å². The van der Waals surface area contributed by atoms with Gasteiger partial charge in [0.2, 0.25) is 0 Å². The van der Waals surface area contributed by atoms with E-state index in [1.807, 2.05) is 13.8 Å². The number of rotatable bonds is 2. The molecule has 0 bridgehead atoms. The first kappa shape index (κ1) is 10.7. The second-order valence-electron chi connectivity index (χ2n) is 3.25. The normalized spacial score (nSPS) is 10.0. The quantitative estimate of drug-likeness (QED) is 0.727. The van der Waals surface area contributed by atoms with Crippen molar-refractivity contribution in [1.29, 1.82) is 0 Å². The van der Waals surface area contributed by atoms with Crippen LogP contribution in [0.4, 0.5) is 0 Å². The lowest BCUT2D eigenvalue weighted by Crippen LogP contribution is -2.07. The minimum Gasteiger partial charge on any atom is -0.465 e. The minimum absolute atomic E-state index is 0.0108. The molecule has 0 unspecified atom stereocenters. The summed E-state index contributed by atoms with van der Waals surface area (Å²) in [5, 5.41) is 8.96. The molecule has 0 spiro atoms. The highest BCUT2D eigenvalue weighted by Gasteiger charge is 2.12. The maximum atomic E-state index is 11.4. The third-order valence-electron chi connectivity index (χ3n) is 2.16. The maximum Gasteiger partial charge on any atom is 0.338 e. The van der Waals surface area contributed by atoms with E-state index in [0.29, 0.717) is 5.56 Å². The summed E-state index contributed by atoms with van der Waals surface area (Å²) in [5.41, 5.74) is 3.07. The molecule has 0 aliphatic rings. The predicted octanol–water partition coefficient (Wildman–Crippen LogP) is 1.58. The number of carbonyl (C=O) groups excluding carboxylic acids is 1. The van der Waals surface area contributed by atoms with E-state index >= 15 is 0 Å². The topological polar surface area (TPSA) is 46.5 Å². The molecule has 0 saturated carbocycles. The van der Waals surface area contributed by atoms with Crippen LogP contribution in [0.2, 0.25) is 0 Å². The molecule has 3 heteroatoms.